The molecule has 1 saturated heterocycles. The highest BCUT2D eigenvalue weighted by Gasteiger charge is 2.21. The number of rotatable bonds is 5. The van der Waals surface area contributed by atoms with Gasteiger partial charge in [-0.05, 0) is 12.5 Å². The number of anilines is 1. The van der Waals surface area contributed by atoms with E-state index in [0.29, 0.717) is 31.1 Å². The van der Waals surface area contributed by atoms with E-state index in [1.54, 1.807) is 29.9 Å². The molecule has 0 aromatic carbocycles. The Kier molecular flexibility index (Phi) is 4.96. The molecule has 1 aliphatic heterocycles. The summed E-state index contributed by atoms with van der Waals surface area (Å²) in [6.07, 6.45) is 6.68. The van der Waals surface area contributed by atoms with Gasteiger partial charge in [-0.1, -0.05) is 5.16 Å². The lowest BCUT2D eigenvalue weighted by molar-refractivity contribution is -0.131. The van der Waals surface area contributed by atoms with Crippen LogP contribution in [0.3, 0.4) is 0 Å². The van der Waals surface area contributed by atoms with Gasteiger partial charge in [0.25, 0.3) is 0 Å². The van der Waals surface area contributed by atoms with Crippen molar-refractivity contribution in [3.05, 3.63) is 36.1 Å². The molecule has 0 unspecified atom stereocenters. The summed E-state index contributed by atoms with van der Waals surface area (Å²) in [6.45, 7) is 3.22. The predicted octanol–water partition coefficient (Wildman–Crippen LogP) is 2.46. The largest absolute Gasteiger partial charge is 0.472 e. The van der Waals surface area contributed by atoms with Gasteiger partial charge < -0.3 is 18.7 Å². The summed E-state index contributed by atoms with van der Waals surface area (Å²) in [4.78, 5) is 25.4. The van der Waals surface area contributed by atoms with Crippen molar-refractivity contribution in [2.75, 3.05) is 31.1 Å². The van der Waals surface area contributed by atoms with Crippen molar-refractivity contribution in [3.8, 4) is 11.4 Å². The summed E-state index contributed by atoms with van der Waals surface area (Å²) in [5, 5.41) is 6.92. The number of carbonyl (C=O) groups is 1. The number of hydrogen-bond acceptors (Lipinski definition) is 8. The van der Waals surface area contributed by atoms with Crippen molar-refractivity contribution in [1.82, 2.24) is 20.0 Å². The third kappa shape index (κ3) is 3.77. The maximum Gasteiger partial charge on any atom is 0.227 e. The van der Waals surface area contributed by atoms with Crippen LogP contribution in [-0.4, -0.2) is 52.1 Å². The van der Waals surface area contributed by atoms with Crippen molar-refractivity contribution in [3.63, 3.8) is 0 Å². The van der Waals surface area contributed by atoms with E-state index >= 15 is 0 Å². The molecular weight excluding hydrogens is 354 g/mol. The molecule has 4 heterocycles. The molecule has 136 valence electrons. The van der Waals surface area contributed by atoms with Gasteiger partial charge >= 0.3 is 0 Å². The van der Waals surface area contributed by atoms with Crippen LogP contribution in [0.5, 0.6) is 0 Å². The van der Waals surface area contributed by atoms with Crippen LogP contribution >= 0.6 is 11.3 Å². The van der Waals surface area contributed by atoms with E-state index in [1.807, 2.05) is 16.5 Å². The van der Waals surface area contributed by atoms with Crippen LogP contribution in [0.4, 0.5) is 5.13 Å². The summed E-state index contributed by atoms with van der Waals surface area (Å²) < 4.78 is 10.2. The van der Waals surface area contributed by atoms with Crippen LogP contribution in [0.25, 0.3) is 11.4 Å². The molecule has 0 atom stereocenters. The van der Waals surface area contributed by atoms with Crippen LogP contribution in [-0.2, 0) is 11.2 Å². The Labute approximate surface area is 154 Å². The number of hydrogen-bond donors (Lipinski definition) is 0. The number of carbonyl (C=O) groups excluding carboxylic acids is 1. The summed E-state index contributed by atoms with van der Waals surface area (Å²) in [6, 6.07) is 1.77. The standard InChI is InChI=1S/C17H19N5O3S/c23-15(3-2-14-19-16(20-25-14)13-4-10-24-12-13)21-6-1-7-22(9-8-21)17-18-5-11-26-17/h4-5,10-12H,1-3,6-9H2. The first kappa shape index (κ1) is 16.8. The molecule has 0 N–H and O–H groups in total. The highest BCUT2D eigenvalue weighted by Crippen LogP contribution is 2.20. The van der Waals surface area contributed by atoms with Gasteiger partial charge in [0.15, 0.2) is 5.13 Å². The Hall–Kier alpha value is -2.68. The van der Waals surface area contributed by atoms with Gasteiger partial charge in [0.2, 0.25) is 17.6 Å². The zero-order valence-electron chi connectivity index (χ0n) is 14.2. The molecule has 26 heavy (non-hydrogen) atoms. The molecule has 1 fully saturated rings. The molecule has 4 rings (SSSR count). The zero-order chi connectivity index (χ0) is 17.8. The monoisotopic (exact) mass is 373 g/mol. The molecular formula is C17H19N5O3S. The lowest BCUT2D eigenvalue weighted by Crippen LogP contribution is -2.35. The van der Waals surface area contributed by atoms with Crippen molar-refractivity contribution in [2.45, 2.75) is 19.3 Å². The lowest BCUT2D eigenvalue weighted by Gasteiger charge is -2.21. The molecule has 3 aromatic heterocycles. The Balaban J connectivity index is 1.29. The van der Waals surface area contributed by atoms with Gasteiger partial charge in [-0.3, -0.25) is 4.79 Å². The molecule has 0 radical (unpaired) electrons. The summed E-state index contributed by atoms with van der Waals surface area (Å²) in [5.74, 6) is 1.07. The van der Waals surface area contributed by atoms with Gasteiger partial charge in [0, 0.05) is 50.6 Å². The van der Waals surface area contributed by atoms with Crippen LogP contribution in [0, 0.1) is 0 Å². The normalized spacial score (nSPS) is 15.2. The van der Waals surface area contributed by atoms with E-state index in [1.165, 1.54) is 0 Å². The average molecular weight is 373 g/mol. The predicted molar refractivity (Wildman–Crippen MR) is 95.8 cm³/mol. The Morgan fingerprint density at radius 2 is 2.23 bits per heavy atom. The molecule has 0 spiro atoms. The smallest absolute Gasteiger partial charge is 0.227 e. The van der Waals surface area contributed by atoms with Gasteiger partial charge in [-0.15, -0.1) is 11.3 Å². The Morgan fingerprint density at radius 1 is 1.27 bits per heavy atom. The molecule has 0 bridgehead atoms. The second kappa shape index (κ2) is 7.69. The number of furan rings is 1. The molecule has 9 heteroatoms. The Morgan fingerprint density at radius 3 is 3.04 bits per heavy atom. The number of aryl methyl sites for hydroxylation is 1. The first-order chi connectivity index (χ1) is 12.8. The highest BCUT2D eigenvalue weighted by molar-refractivity contribution is 7.13. The van der Waals surface area contributed by atoms with Crippen molar-refractivity contribution in [1.29, 1.82) is 0 Å². The van der Waals surface area contributed by atoms with Crippen LogP contribution in [0.15, 0.2) is 39.1 Å². The van der Waals surface area contributed by atoms with Crippen LogP contribution in [0.2, 0.25) is 0 Å². The highest BCUT2D eigenvalue weighted by atomic mass is 32.1. The minimum absolute atomic E-state index is 0.119. The number of nitrogens with zero attached hydrogens (tertiary/aromatic N) is 5. The van der Waals surface area contributed by atoms with E-state index in [0.717, 1.165) is 36.8 Å². The maximum atomic E-state index is 12.5. The van der Waals surface area contributed by atoms with Crippen LogP contribution < -0.4 is 4.90 Å². The summed E-state index contributed by atoms with van der Waals surface area (Å²) in [5.41, 5.74) is 0.765. The third-order valence-electron chi connectivity index (χ3n) is 4.34. The number of amides is 1. The molecule has 8 nitrogen and oxygen atoms in total. The first-order valence-electron chi connectivity index (χ1n) is 8.57. The quantitative estimate of drug-likeness (QED) is 0.679. The first-order valence-corrected chi connectivity index (χ1v) is 9.45. The zero-order valence-corrected chi connectivity index (χ0v) is 15.0. The van der Waals surface area contributed by atoms with E-state index in [2.05, 4.69) is 20.0 Å². The van der Waals surface area contributed by atoms with E-state index in [9.17, 15) is 4.79 Å². The molecule has 1 amide bonds. The third-order valence-corrected chi connectivity index (χ3v) is 5.17. The molecule has 0 saturated carbocycles. The van der Waals surface area contributed by atoms with Crippen molar-refractivity contribution < 1.29 is 13.7 Å². The van der Waals surface area contributed by atoms with E-state index in [4.69, 9.17) is 8.94 Å². The van der Waals surface area contributed by atoms with E-state index < -0.39 is 0 Å². The van der Waals surface area contributed by atoms with Crippen LogP contribution in [0.1, 0.15) is 18.7 Å². The van der Waals surface area contributed by atoms with Gasteiger partial charge in [0.05, 0.1) is 11.8 Å². The molecule has 0 aliphatic carbocycles. The van der Waals surface area contributed by atoms with E-state index in [-0.39, 0.29) is 5.91 Å². The fourth-order valence-corrected chi connectivity index (χ4v) is 3.66. The fourth-order valence-electron chi connectivity index (χ4n) is 2.97. The van der Waals surface area contributed by atoms with Crippen molar-refractivity contribution in [2.24, 2.45) is 0 Å². The summed E-state index contributed by atoms with van der Waals surface area (Å²) in [7, 11) is 0. The Bertz CT molecular complexity index is 831. The fraction of sp³-hybridized carbons (Fsp3) is 0.412. The minimum Gasteiger partial charge on any atom is -0.472 e. The molecule has 3 aromatic rings. The SMILES string of the molecule is O=C(CCc1nc(-c2ccoc2)no1)N1CCCN(c2nccs2)CC1. The topological polar surface area (TPSA) is 88.5 Å². The number of aromatic nitrogens is 3. The maximum absolute atomic E-state index is 12.5. The van der Waals surface area contributed by atoms with Gasteiger partial charge in [0.1, 0.15) is 6.26 Å². The molecule has 1 aliphatic rings. The van der Waals surface area contributed by atoms with Crippen molar-refractivity contribution >= 4 is 22.4 Å². The average Bonchev–Trinajstić information content (AvgIpc) is 3.40. The van der Waals surface area contributed by atoms with Gasteiger partial charge in [-0.2, -0.15) is 4.98 Å². The van der Waals surface area contributed by atoms with Gasteiger partial charge in [-0.25, -0.2) is 4.98 Å². The second-order valence-electron chi connectivity index (χ2n) is 6.06. The summed E-state index contributed by atoms with van der Waals surface area (Å²) >= 11 is 1.63. The lowest BCUT2D eigenvalue weighted by atomic mass is 10.2. The minimum atomic E-state index is 0.119. The second-order valence-corrected chi connectivity index (χ2v) is 6.93. The number of thiazole rings is 1.